The first-order valence-corrected chi connectivity index (χ1v) is 6.65. The monoisotopic (exact) mass is 336 g/mol. The minimum absolute atomic E-state index is 0.244. The Morgan fingerprint density at radius 1 is 1.40 bits per heavy atom. The van der Waals surface area contributed by atoms with E-state index >= 15 is 0 Å². The lowest BCUT2D eigenvalue weighted by atomic mass is 10.2. The van der Waals surface area contributed by atoms with Crippen LogP contribution < -0.4 is 15.8 Å². The Labute approximate surface area is 124 Å². The Morgan fingerprint density at radius 2 is 2.10 bits per heavy atom. The molecule has 0 spiro atoms. The molecule has 0 saturated carbocycles. The van der Waals surface area contributed by atoms with Gasteiger partial charge in [0.25, 0.3) is 0 Å². The summed E-state index contributed by atoms with van der Waals surface area (Å²) >= 11 is 3.25. The van der Waals surface area contributed by atoms with E-state index in [-0.39, 0.29) is 6.01 Å². The highest BCUT2D eigenvalue weighted by molar-refractivity contribution is 9.10. The number of hydrogen-bond donors (Lipinski definition) is 2. The van der Waals surface area contributed by atoms with E-state index in [2.05, 4.69) is 31.2 Å². The van der Waals surface area contributed by atoms with E-state index in [1.807, 2.05) is 6.07 Å². The smallest absolute Gasteiger partial charge is 0.321 e. The zero-order valence-corrected chi connectivity index (χ0v) is 12.3. The predicted octanol–water partition coefficient (Wildman–Crippen LogP) is 2.32. The van der Waals surface area contributed by atoms with Crippen LogP contribution in [0.3, 0.4) is 0 Å². The average molecular weight is 337 g/mol. The third-order valence-corrected chi connectivity index (χ3v) is 2.86. The van der Waals surface area contributed by atoms with Crippen LogP contribution in [0.4, 0.5) is 5.69 Å². The molecule has 1 unspecified atom stereocenters. The van der Waals surface area contributed by atoms with Crippen molar-refractivity contribution < 1.29 is 9.53 Å². The molecule has 0 radical (unpaired) electrons. The van der Waals surface area contributed by atoms with Crippen molar-refractivity contribution in [1.29, 1.82) is 0 Å². The van der Waals surface area contributed by atoms with Crippen LogP contribution in [0.2, 0.25) is 0 Å². The molecule has 3 N–H and O–H groups in total. The van der Waals surface area contributed by atoms with Gasteiger partial charge in [0.05, 0.1) is 4.47 Å². The van der Waals surface area contributed by atoms with E-state index in [4.69, 9.17) is 10.5 Å². The number of aromatic nitrogens is 2. The topological polar surface area (TPSA) is 90.1 Å². The quantitative estimate of drug-likeness (QED) is 0.874. The number of hydrogen-bond acceptors (Lipinski definition) is 5. The van der Waals surface area contributed by atoms with E-state index in [0.29, 0.717) is 5.75 Å². The van der Waals surface area contributed by atoms with Gasteiger partial charge < -0.3 is 15.8 Å². The van der Waals surface area contributed by atoms with Crippen molar-refractivity contribution in [3.63, 3.8) is 0 Å². The van der Waals surface area contributed by atoms with Crippen molar-refractivity contribution >= 4 is 27.5 Å². The summed E-state index contributed by atoms with van der Waals surface area (Å²) in [7, 11) is 0. The van der Waals surface area contributed by atoms with Crippen LogP contribution in [-0.2, 0) is 4.79 Å². The maximum Gasteiger partial charge on any atom is 0.321 e. The Balaban J connectivity index is 2.09. The molecule has 2 aromatic rings. The third-order valence-electron chi connectivity index (χ3n) is 2.45. The molecule has 1 aromatic carbocycles. The van der Waals surface area contributed by atoms with Crippen LogP contribution in [-0.4, -0.2) is 21.9 Å². The molecule has 1 atom stereocenters. The lowest BCUT2D eigenvalue weighted by Crippen LogP contribution is -2.32. The molecule has 1 aromatic heterocycles. The first kappa shape index (κ1) is 14.3. The number of nitrogens with zero attached hydrogens (tertiary/aromatic N) is 2. The first-order chi connectivity index (χ1) is 9.54. The number of nitrogens with one attached hydrogen (secondary N) is 1. The molecule has 1 heterocycles. The minimum atomic E-state index is -0.464. The number of carbonyl (C=O) groups is 1. The van der Waals surface area contributed by atoms with Gasteiger partial charge in [-0.05, 0) is 35.0 Å². The highest BCUT2D eigenvalue weighted by Gasteiger charge is 2.08. The van der Waals surface area contributed by atoms with Gasteiger partial charge in [0.1, 0.15) is 11.8 Å². The standard InChI is InChI=1S/C13H13BrN4O2/c1-8(12(15)19)18-10-3-2-4-11(5-10)20-13-16-6-9(14)7-17-13/h2-8,18H,1H3,(H2,15,19). The SMILES string of the molecule is CC(Nc1cccc(Oc2ncc(Br)cn2)c1)C(N)=O. The number of benzene rings is 1. The number of rotatable bonds is 5. The normalized spacial score (nSPS) is 11.7. The van der Waals surface area contributed by atoms with Gasteiger partial charge in [0, 0.05) is 24.1 Å². The van der Waals surface area contributed by atoms with Crippen LogP contribution in [0, 0.1) is 0 Å². The number of amides is 1. The summed E-state index contributed by atoms with van der Waals surface area (Å²) in [6, 6.07) is 6.90. The van der Waals surface area contributed by atoms with Gasteiger partial charge in [-0.2, -0.15) is 0 Å². The van der Waals surface area contributed by atoms with Crippen LogP contribution in [0.15, 0.2) is 41.1 Å². The summed E-state index contributed by atoms with van der Waals surface area (Å²) in [5.74, 6) is 0.140. The molecule has 1 amide bonds. The highest BCUT2D eigenvalue weighted by atomic mass is 79.9. The number of anilines is 1. The fraction of sp³-hybridized carbons (Fsp3) is 0.154. The van der Waals surface area contributed by atoms with Crippen molar-refractivity contribution in [2.45, 2.75) is 13.0 Å². The van der Waals surface area contributed by atoms with Gasteiger partial charge in [-0.3, -0.25) is 4.79 Å². The summed E-state index contributed by atoms with van der Waals surface area (Å²) in [5.41, 5.74) is 5.93. The second-order valence-corrected chi connectivity index (χ2v) is 5.00. The van der Waals surface area contributed by atoms with Crippen LogP contribution in [0.25, 0.3) is 0 Å². The van der Waals surface area contributed by atoms with E-state index in [0.717, 1.165) is 10.2 Å². The van der Waals surface area contributed by atoms with Gasteiger partial charge in [-0.25, -0.2) is 9.97 Å². The van der Waals surface area contributed by atoms with E-state index in [1.165, 1.54) is 0 Å². The number of halogens is 1. The fourth-order valence-corrected chi connectivity index (χ4v) is 1.63. The average Bonchev–Trinajstić information content (AvgIpc) is 2.42. The third kappa shape index (κ3) is 3.92. The summed E-state index contributed by atoms with van der Waals surface area (Å²) in [4.78, 5) is 19.1. The Kier molecular flexibility index (Phi) is 4.52. The van der Waals surface area contributed by atoms with Gasteiger partial charge in [0.15, 0.2) is 0 Å². The Hall–Kier alpha value is -2.15. The molecule has 104 valence electrons. The molecule has 0 bridgehead atoms. The van der Waals surface area contributed by atoms with Crippen molar-refractivity contribution in [2.75, 3.05) is 5.32 Å². The zero-order valence-electron chi connectivity index (χ0n) is 10.7. The summed E-state index contributed by atoms with van der Waals surface area (Å²) in [5, 5.41) is 2.97. The summed E-state index contributed by atoms with van der Waals surface area (Å²) in [6.45, 7) is 1.69. The largest absolute Gasteiger partial charge is 0.424 e. The molecular formula is C13H13BrN4O2. The molecule has 0 aliphatic heterocycles. The van der Waals surface area contributed by atoms with Gasteiger partial charge >= 0.3 is 6.01 Å². The van der Waals surface area contributed by atoms with Crippen molar-refractivity contribution in [3.8, 4) is 11.8 Å². The molecular weight excluding hydrogens is 324 g/mol. The lowest BCUT2D eigenvalue weighted by Gasteiger charge is -2.12. The van der Waals surface area contributed by atoms with Crippen molar-refractivity contribution in [3.05, 3.63) is 41.1 Å². The number of nitrogens with two attached hydrogens (primary N) is 1. The van der Waals surface area contributed by atoms with Gasteiger partial charge in [-0.1, -0.05) is 6.07 Å². The highest BCUT2D eigenvalue weighted by Crippen LogP contribution is 2.22. The van der Waals surface area contributed by atoms with Crippen LogP contribution >= 0.6 is 15.9 Å². The Bertz CT molecular complexity index is 604. The molecule has 0 saturated heterocycles. The second kappa shape index (κ2) is 6.33. The van der Waals surface area contributed by atoms with Gasteiger partial charge in [-0.15, -0.1) is 0 Å². The second-order valence-electron chi connectivity index (χ2n) is 4.08. The van der Waals surface area contributed by atoms with Crippen molar-refractivity contribution in [2.24, 2.45) is 5.73 Å². The fourth-order valence-electron chi connectivity index (χ4n) is 1.43. The number of carbonyl (C=O) groups excluding carboxylic acids is 1. The lowest BCUT2D eigenvalue weighted by molar-refractivity contribution is -0.118. The molecule has 20 heavy (non-hydrogen) atoms. The minimum Gasteiger partial charge on any atom is -0.424 e. The van der Waals surface area contributed by atoms with E-state index in [1.54, 1.807) is 37.5 Å². The summed E-state index contributed by atoms with van der Waals surface area (Å²) < 4.78 is 6.29. The first-order valence-electron chi connectivity index (χ1n) is 5.86. The molecule has 0 aliphatic rings. The zero-order chi connectivity index (χ0) is 14.5. The molecule has 6 nitrogen and oxygen atoms in total. The van der Waals surface area contributed by atoms with Gasteiger partial charge in [0.2, 0.25) is 5.91 Å². The molecule has 0 aliphatic carbocycles. The predicted molar refractivity (Wildman–Crippen MR) is 78.5 cm³/mol. The number of primary amides is 1. The molecule has 0 fully saturated rings. The van der Waals surface area contributed by atoms with Crippen LogP contribution in [0.5, 0.6) is 11.8 Å². The van der Waals surface area contributed by atoms with Crippen molar-refractivity contribution in [1.82, 2.24) is 9.97 Å². The van der Waals surface area contributed by atoms with E-state index in [9.17, 15) is 4.79 Å². The maximum atomic E-state index is 11.0. The molecule has 2 rings (SSSR count). The summed E-state index contributed by atoms with van der Waals surface area (Å²) in [6.07, 6.45) is 3.19. The maximum absolute atomic E-state index is 11.0. The number of ether oxygens (including phenoxy) is 1. The molecule has 7 heteroatoms. The van der Waals surface area contributed by atoms with E-state index < -0.39 is 11.9 Å². The van der Waals surface area contributed by atoms with Crippen LogP contribution in [0.1, 0.15) is 6.92 Å². The Morgan fingerprint density at radius 3 is 2.75 bits per heavy atom.